The summed E-state index contributed by atoms with van der Waals surface area (Å²) in [7, 11) is 0. The second-order valence-electron chi connectivity index (χ2n) is 4.59. The highest BCUT2D eigenvalue weighted by molar-refractivity contribution is 9.10. The maximum absolute atomic E-state index is 12.0. The first-order valence-electron chi connectivity index (χ1n) is 5.01. The Balaban J connectivity index is 2.06. The average molecular weight is 288 g/mol. The lowest BCUT2D eigenvalue weighted by Gasteiger charge is -2.18. The minimum atomic E-state index is -0.158. The van der Waals surface area contributed by atoms with E-state index in [1.54, 1.807) is 11.3 Å². The van der Waals surface area contributed by atoms with Crippen molar-refractivity contribution in [3.05, 3.63) is 20.8 Å². The van der Waals surface area contributed by atoms with Crippen LogP contribution in [0.2, 0.25) is 0 Å². The number of halogens is 1. The van der Waals surface area contributed by atoms with Crippen molar-refractivity contribution in [3.8, 4) is 0 Å². The van der Waals surface area contributed by atoms with Gasteiger partial charge in [-0.15, -0.1) is 11.3 Å². The van der Waals surface area contributed by atoms with Crippen LogP contribution in [0, 0.1) is 5.41 Å². The summed E-state index contributed by atoms with van der Waals surface area (Å²) in [6, 6.07) is 2.09. The van der Waals surface area contributed by atoms with E-state index in [4.69, 9.17) is 0 Å². The molecule has 2 heterocycles. The van der Waals surface area contributed by atoms with Gasteiger partial charge in [-0.1, -0.05) is 13.8 Å². The summed E-state index contributed by atoms with van der Waals surface area (Å²) in [6.45, 7) is 5.71. The van der Waals surface area contributed by atoms with Crippen LogP contribution in [0.1, 0.15) is 25.1 Å². The SMILES string of the molecule is CC1(C)CCN(Cc2cc(Br)cs2)C1=O. The van der Waals surface area contributed by atoms with E-state index in [9.17, 15) is 4.79 Å². The fourth-order valence-corrected chi connectivity index (χ4v) is 3.29. The van der Waals surface area contributed by atoms with Gasteiger partial charge in [0, 0.05) is 26.7 Å². The van der Waals surface area contributed by atoms with Crippen molar-refractivity contribution in [1.29, 1.82) is 0 Å². The number of hydrogen-bond donors (Lipinski definition) is 0. The van der Waals surface area contributed by atoms with Crippen molar-refractivity contribution in [1.82, 2.24) is 4.90 Å². The summed E-state index contributed by atoms with van der Waals surface area (Å²) >= 11 is 5.12. The lowest BCUT2D eigenvalue weighted by molar-refractivity contribution is -0.135. The van der Waals surface area contributed by atoms with E-state index in [0.29, 0.717) is 0 Å². The molecule has 1 aromatic heterocycles. The number of thiophene rings is 1. The molecular weight excluding hydrogens is 274 g/mol. The Kier molecular flexibility index (Phi) is 2.90. The maximum Gasteiger partial charge on any atom is 0.228 e. The molecule has 2 nitrogen and oxygen atoms in total. The highest BCUT2D eigenvalue weighted by atomic mass is 79.9. The molecule has 0 radical (unpaired) electrons. The number of carbonyl (C=O) groups excluding carboxylic acids is 1. The fourth-order valence-electron chi connectivity index (χ4n) is 1.83. The number of carbonyl (C=O) groups is 1. The molecule has 0 aliphatic carbocycles. The minimum Gasteiger partial charge on any atom is -0.337 e. The van der Waals surface area contributed by atoms with E-state index in [1.807, 2.05) is 18.7 Å². The predicted octanol–water partition coefficient (Wildman–Crippen LogP) is 3.27. The van der Waals surface area contributed by atoms with Crippen LogP contribution in [0.3, 0.4) is 0 Å². The number of nitrogens with zero attached hydrogens (tertiary/aromatic N) is 1. The van der Waals surface area contributed by atoms with Gasteiger partial charge in [-0.2, -0.15) is 0 Å². The fraction of sp³-hybridized carbons (Fsp3) is 0.545. The monoisotopic (exact) mass is 287 g/mol. The van der Waals surface area contributed by atoms with E-state index in [0.717, 1.165) is 24.0 Å². The van der Waals surface area contributed by atoms with Gasteiger partial charge in [0.25, 0.3) is 0 Å². The highest BCUT2D eigenvalue weighted by Crippen LogP contribution is 2.32. The molecule has 82 valence electrons. The van der Waals surface area contributed by atoms with Gasteiger partial charge in [0.2, 0.25) is 5.91 Å². The maximum atomic E-state index is 12.0. The molecule has 15 heavy (non-hydrogen) atoms. The minimum absolute atomic E-state index is 0.158. The average Bonchev–Trinajstić information content (AvgIpc) is 2.66. The molecular formula is C11H14BrNOS. The normalized spacial score (nSPS) is 19.9. The van der Waals surface area contributed by atoms with Gasteiger partial charge in [-0.3, -0.25) is 4.79 Å². The van der Waals surface area contributed by atoms with E-state index < -0.39 is 0 Å². The molecule has 4 heteroatoms. The van der Waals surface area contributed by atoms with Gasteiger partial charge < -0.3 is 4.90 Å². The summed E-state index contributed by atoms with van der Waals surface area (Å²) in [6.07, 6.45) is 0.971. The zero-order chi connectivity index (χ0) is 11.1. The largest absolute Gasteiger partial charge is 0.337 e. The Morgan fingerprint density at radius 2 is 2.33 bits per heavy atom. The Bertz CT molecular complexity index is 386. The molecule has 0 atom stereocenters. The summed E-state index contributed by atoms with van der Waals surface area (Å²) in [4.78, 5) is 15.2. The smallest absolute Gasteiger partial charge is 0.228 e. The zero-order valence-corrected chi connectivity index (χ0v) is 11.3. The van der Waals surface area contributed by atoms with Crippen molar-refractivity contribution < 1.29 is 4.79 Å². The molecule has 0 bridgehead atoms. The number of likely N-dealkylation sites (tertiary alicyclic amines) is 1. The van der Waals surface area contributed by atoms with Gasteiger partial charge in [0.15, 0.2) is 0 Å². The van der Waals surface area contributed by atoms with E-state index >= 15 is 0 Å². The van der Waals surface area contributed by atoms with Gasteiger partial charge in [-0.25, -0.2) is 0 Å². The number of hydrogen-bond acceptors (Lipinski definition) is 2. The molecule has 1 amide bonds. The van der Waals surface area contributed by atoms with Crippen molar-refractivity contribution in [2.24, 2.45) is 5.41 Å². The summed E-state index contributed by atoms with van der Waals surface area (Å²) in [5.74, 6) is 0.284. The van der Waals surface area contributed by atoms with Gasteiger partial charge >= 0.3 is 0 Å². The first-order chi connectivity index (χ1) is 6.99. The van der Waals surface area contributed by atoms with Crippen LogP contribution in [0.15, 0.2) is 15.9 Å². The quantitative estimate of drug-likeness (QED) is 0.818. The van der Waals surface area contributed by atoms with Crippen molar-refractivity contribution in [3.63, 3.8) is 0 Å². The second kappa shape index (κ2) is 3.91. The molecule has 1 aliphatic heterocycles. The summed E-state index contributed by atoms with van der Waals surface area (Å²) in [5.41, 5.74) is -0.158. The molecule has 2 rings (SSSR count). The predicted molar refractivity (Wildman–Crippen MR) is 65.8 cm³/mol. The standard InChI is InChI=1S/C11H14BrNOS/c1-11(2)3-4-13(10(11)14)6-9-5-8(12)7-15-9/h5,7H,3-4,6H2,1-2H3. The van der Waals surface area contributed by atoms with Crippen LogP contribution in [0.25, 0.3) is 0 Å². The van der Waals surface area contributed by atoms with Crippen molar-refractivity contribution in [2.75, 3.05) is 6.54 Å². The van der Waals surface area contributed by atoms with Crippen LogP contribution in [-0.4, -0.2) is 17.4 Å². The van der Waals surface area contributed by atoms with E-state index in [2.05, 4.69) is 27.4 Å². The molecule has 0 N–H and O–H groups in total. The summed E-state index contributed by atoms with van der Waals surface area (Å²) < 4.78 is 1.11. The van der Waals surface area contributed by atoms with Gasteiger partial charge in [0.05, 0.1) is 6.54 Å². The van der Waals surface area contributed by atoms with Gasteiger partial charge in [0.1, 0.15) is 0 Å². The Morgan fingerprint density at radius 1 is 1.60 bits per heavy atom. The Labute approximate surface area is 102 Å². The van der Waals surface area contributed by atoms with Crippen LogP contribution in [-0.2, 0) is 11.3 Å². The molecule has 1 aliphatic rings. The van der Waals surface area contributed by atoms with Crippen LogP contribution in [0.5, 0.6) is 0 Å². The highest BCUT2D eigenvalue weighted by Gasteiger charge is 2.38. The molecule has 0 unspecified atom stereocenters. The first-order valence-corrected chi connectivity index (χ1v) is 6.68. The van der Waals surface area contributed by atoms with Crippen molar-refractivity contribution in [2.45, 2.75) is 26.8 Å². The number of rotatable bonds is 2. The zero-order valence-electron chi connectivity index (χ0n) is 8.92. The third-order valence-corrected chi connectivity index (χ3v) is 4.52. The molecule has 1 fully saturated rings. The third-order valence-electron chi connectivity index (χ3n) is 2.84. The Morgan fingerprint density at radius 3 is 2.80 bits per heavy atom. The molecule has 1 saturated heterocycles. The third kappa shape index (κ3) is 2.26. The van der Waals surface area contributed by atoms with Crippen LogP contribution >= 0.6 is 27.3 Å². The second-order valence-corrected chi connectivity index (χ2v) is 6.50. The summed E-state index contributed by atoms with van der Waals surface area (Å²) in [5, 5.41) is 2.06. The molecule has 1 aromatic rings. The van der Waals surface area contributed by atoms with Gasteiger partial charge in [-0.05, 0) is 28.4 Å². The van der Waals surface area contributed by atoms with E-state index in [1.165, 1.54) is 4.88 Å². The number of amides is 1. The first kappa shape index (κ1) is 11.1. The lowest BCUT2D eigenvalue weighted by Crippen LogP contribution is -2.30. The van der Waals surface area contributed by atoms with Crippen LogP contribution in [0.4, 0.5) is 0 Å². The topological polar surface area (TPSA) is 20.3 Å². The van der Waals surface area contributed by atoms with Crippen LogP contribution < -0.4 is 0 Å². The molecule has 0 saturated carbocycles. The lowest BCUT2D eigenvalue weighted by atomic mass is 9.92. The van der Waals surface area contributed by atoms with E-state index in [-0.39, 0.29) is 11.3 Å². The van der Waals surface area contributed by atoms with Crippen molar-refractivity contribution >= 4 is 33.2 Å². The Hall–Kier alpha value is -0.350. The molecule has 0 spiro atoms. The molecule has 0 aromatic carbocycles.